The quantitative estimate of drug-likeness (QED) is 0.182. The van der Waals surface area contributed by atoms with Gasteiger partial charge in [0, 0.05) is 23.5 Å². The molecule has 0 spiro atoms. The van der Waals surface area contributed by atoms with Crippen LogP contribution in [-0.4, -0.2) is 50.9 Å². The van der Waals surface area contributed by atoms with E-state index in [1.165, 1.54) is 24.1 Å². The molecule has 0 fully saturated rings. The lowest BCUT2D eigenvalue weighted by Crippen LogP contribution is -2.54. The Morgan fingerprint density at radius 1 is 0.867 bits per heavy atom. The molecular weight excluding hydrogens is 654 g/mol. The van der Waals surface area contributed by atoms with Crippen molar-refractivity contribution in [2.75, 3.05) is 18.0 Å². The van der Waals surface area contributed by atoms with Gasteiger partial charge in [0.1, 0.15) is 18.3 Å². The van der Waals surface area contributed by atoms with Gasteiger partial charge in [-0.25, -0.2) is 8.42 Å². The molecule has 4 rings (SSSR count). The maximum Gasteiger partial charge on any atom is 0.264 e. The van der Waals surface area contributed by atoms with Crippen molar-refractivity contribution >= 4 is 43.5 Å². The third-order valence-corrected chi connectivity index (χ3v) is 9.48. The lowest BCUT2D eigenvalue weighted by atomic mass is 10.0. The molecule has 1 atom stereocenters. The fraction of sp³-hybridized carbons (Fsp3) is 0.257. The molecule has 1 unspecified atom stereocenters. The molecule has 0 aliphatic carbocycles. The second kappa shape index (κ2) is 15.2. The van der Waals surface area contributed by atoms with Crippen molar-refractivity contribution in [2.24, 2.45) is 0 Å². The average Bonchev–Trinajstić information content (AvgIpc) is 3.02. The number of nitrogens with one attached hydrogen (secondary N) is 1. The van der Waals surface area contributed by atoms with Gasteiger partial charge >= 0.3 is 0 Å². The summed E-state index contributed by atoms with van der Waals surface area (Å²) in [5, 5.41) is 2.97. The summed E-state index contributed by atoms with van der Waals surface area (Å²) in [6.07, 6.45) is 0.237. The van der Waals surface area contributed by atoms with Crippen molar-refractivity contribution in [3.05, 3.63) is 124 Å². The van der Waals surface area contributed by atoms with Crippen molar-refractivity contribution in [1.29, 1.82) is 0 Å². The fourth-order valence-electron chi connectivity index (χ4n) is 4.95. The molecule has 0 saturated carbocycles. The molecule has 236 valence electrons. The second-order valence-corrected chi connectivity index (χ2v) is 13.8. The predicted octanol–water partition coefficient (Wildman–Crippen LogP) is 6.13. The number of halogens is 1. The van der Waals surface area contributed by atoms with Gasteiger partial charge in [-0.05, 0) is 73.9 Å². The van der Waals surface area contributed by atoms with E-state index >= 15 is 0 Å². The van der Waals surface area contributed by atoms with E-state index in [1.807, 2.05) is 81.4 Å². The van der Waals surface area contributed by atoms with Crippen molar-refractivity contribution in [1.82, 2.24) is 10.2 Å². The summed E-state index contributed by atoms with van der Waals surface area (Å²) >= 11 is 3.46. The number of rotatable bonds is 13. The molecule has 8 nitrogen and oxygen atoms in total. The van der Waals surface area contributed by atoms with E-state index in [0.29, 0.717) is 5.75 Å². The summed E-state index contributed by atoms with van der Waals surface area (Å²) in [5.74, 6) is -0.573. The highest BCUT2D eigenvalue weighted by atomic mass is 79.9. The minimum Gasteiger partial charge on any atom is -0.495 e. The van der Waals surface area contributed by atoms with E-state index in [4.69, 9.17) is 4.74 Å². The van der Waals surface area contributed by atoms with Crippen molar-refractivity contribution in [3.8, 4) is 5.75 Å². The van der Waals surface area contributed by atoms with Crippen LogP contribution in [0.3, 0.4) is 0 Å². The number of hydrogen-bond donors (Lipinski definition) is 1. The molecule has 0 aromatic heterocycles. The Hall–Kier alpha value is -4.15. The normalized spacial score (nSPS) is 12.0. The van der Waals surface area contributed by atoms with Gasteiger partial charge < -0.3 is 15.0 Å². The number of sulfonamides is 1. The molecule has 2 amide bonds. The number of amides is 2. The lowest BCUT2D eigenvalue weighted by Gasteiger charge is -2.34. The number of hydrogen-bond acceptors (Lipinski definition) is 5. The van der Waals surface area contributed by atoms with Crippen LogP contribution >= 0.6 is 15.9 Å². The standard InChI is InChI=1S/C35H38BrN3O5S/c1-25(2)37-35(41)32(22-27-11-7-5-8-12-27)38(23-28-16-18-29(36)19-17-28)34(40)24-39(31-21-26(3)15-20-33(31)44-4)45(42,43)30-13-9-6-10-14-30/h5-21,25,32H,22-24H2,1-4H3,(H,37,41). The minimum absolute atomic E-state index is 0.0270. The van der Waals surface area contributed by atoms with E-state index in [9.17, 15) is 18.0 Å². The highest BCUT2D eigenvalue weighted by molar-refractivity contribution is 9.10. The molecule has 0 bridgehead atoms. The highest BCUT2D eigenvalue weighted by Crippen LogP contribution is 2.34. The van der Waals surface area contributed by atoms with Gasteiger partial charge in [0.2, 0.25) is 11.8 Å². The van der Waals surface area contributed by atoms with Gasteiger partial charge in [-0.1, -0.05) is 82.7 Å². The first kappa shape index (κ1) is 33.7. The van der Waals surface area contributed by atoms with E-state index in [0.717, 1.165) is 25.5 Å². The average molecular weight is 693 g/mol. The SMILES string of the molecule is COc1ccc(C)cc1N(CC(=O)N(Cc1ccc(Br)cc1)C(Cc1ccccc1)C(=O)NC(C)C)S(=O)(=O)c1ccccc1. The number of aryl methyl sites for hydroxylation is 1. The monoisotopic (exact) mass is 691 g/mol. The van der Waals surface area contributed by atoms with Crippen molar-refractivity contribution in [2.45, 2.75) is 50.7 Å². The first-order valence-corrected chi connectivity index (χ1v) is 16.8. The molecule has 4 aromatic carbocycles. The molecule has 0 aliphatic rings. The highest BCUT2D eigenvalue weighted by Gasteiger charge is 2.35. The van der Waals surface area contributed by atoms with E-state index in [2.05, 4.69) is 21.2 Å². The van der Waals surface area contributed by atoms with Gasteiger partial charge in [-0.2, -0.15) is 0 Å². The van der Waals surface area contributed by atoms with Crippen LogP contribution in [0.25, 0.3) is 0 Å². The third-order valence-electron chi connectivity index (χ3n) is 7.18. The van der Waals surface area contributed by atoms with Crippen molar-refractivity contribution < 1.29 is 22.7 Å². The van der Waals surface area contributed by atoms with Gasteiger partial charge in [0.05, 0.1) is 17.7 Å². The number of anilines is 1. The Morgan fingerprint density at radius 3 is 2.09 bits per heavy atom. The molecule has 0 radical (unpaired) electrons. The first-order valence-electron chi connectivity index (χ1n) is 14.6. The number of carbonyl (C=O) groups is 2. The summed E-state index contributed by atoms with van der Waals surface area (Å²) < 4.78 is 36.0. The van der Waals surface area contributed by atoms with Crippen LogP contribution in [0.5, 0.6) is 5.75 Å². The Labute approximate surface area is 274 Å². The van der Waals surface area contributed by atoms with Crippen molar-refractivity contribution in [3.63, 3.8) is 0 Å². The third kappa shape index (κ3) is 8.73. The maximum atomic E-state index is 14.6. The Morgan fingerprint density at radius 2 is 1.49 bits per heavy atom. The molecule has 1 N–H and O–H groups in total. The van der Waals surface area contributed by atoms with Gasteiger partial charge in [-0.15, -0.1) is 0 Å². The zero-order valence-corrected chi connectivity index (χ0v) is 28.2. The Kier molecular flexibility index (Phi) is 11.4. The summed E-state index contributed by atoms with van der Waals surface area (Å²) in [6.45, 7) is 5.07. The van der Waals surface area contributed by atoms with Gasteiger partial charge in [0.25, 0.3) is 10.0 Å². The van der Waals surface area contributed by atoms with Gasteiger partial charge in [-0.3, -0.25) is 13.9 Å². The van der Waals surface area contributed by atoms with E-state index in [1.54, 1.807) is 30.3 Å². The number of methoxy groups -OCH3 is 1. The first-order chi connectivity index (χ1) is 21.5. The molecule has 45 heavy (non-hydrogen) atoms. The summed E-state index contributed by atoms with van der Waals surface area (Å²) in [7, 11) is -2.78. The second-order valence-electron chi connectivity index (χ2n) is 11.0. The predicted molar refractivity (Wildman–Crippen MR) is 181 cm³/mol. The summed E-state index contributed by atoms with van der Waals surface area (Å²) in [5.41, 5.74) is 2.66. The minimum atomic E-state index is -4.24. The van der Waals surface area contributed by atoms with Crippen LogP contribution in [0.15, 0.2) is 112 Å². The Bertz CT molecular complexity index is 1700. The molecule has 4 aromatic rings. The van der Waals surface area contributed by atoms with E-state index < -0.39 is 28.5 Å². The van der Waals surface area contributed by atoms with Crippen LogP contribution in [0.2, 0.25) is 0 Å². The smallest absolute Gasteiger partial charge is 0.264 e. The van der Waals surface area contributed by atoms with Crippen LogP contribution < -0.4 is 14.4 Å². The fourth-order valence-corrected chi connectivity index (χ4v) is 6.65. The zero-order valence-electron chi connectivity index (χ0n) is 25.8. The summed E-state index contributed by atoms with van der Waals surface area (Å²) in [6, 6.07) is 29.0. The molecule has 10 heteroatoms. The van der Waals surface area contributed by atoms with Crippen LogP contribution in [-0.2, 0) is 32.6 Å². The van der Waals surface area contributed by atoms with Crippen LogP contribution in [0.1, 0.15) is 30.5 Å². The number of nitrogens with zero attached hydrogens (tertiary/aromatic N) is 2. The number of benzene rings is 4. The molecule has 0 heterocycles. The van der Waals surface area contributed by atoms with E-state index in [-0.39, 0.29) is 35.5 Å². The largest absolute Gasteiger partial charge is 0.495 e. The molecule has 0 aliphatic heterocycles. The Balaban J connectivity index is 1.84. The van der Waals surface area contributed by atoms with Crippen LogP contribution in [0.4, 0.5) is 5.69 Å². The number of ether oxygens (including phenoxy) is 1. The van der Waals surface area contributed by atoms with Crippen LogP contribution in [0, 0.1) is 6.92 Å². The molecular formula is C35H38BrN3O5S. The molecule has 0 saturated heterocycles. The zero-order chi connectivity index (χ0) is 32.6. The number of carbonyl (C=O) groups excluding carboxylic acids is 2. The van der Waals surface area contributed by atoms with Gasteiger partial charge in [0.15, 0.2) is 0 Å². The maximum absolute atomic E-state index is 14.6. The summed E-state index contributed by atoms with van der Waals surface area (Å²) in [4.78, 5) is 29.9. The topological polar surface area (TPSA) is 96.0 Å². The lowest BCUT2D eigenvalue weighted by molar-refractivity contribution is -0.140.